The highest BCUT2D eigenvalue weighted by Crippen LogP contribution is 2.32. The van der Waals surface area contributed by atoms with Crippen molar-refractivity contribution in [2.75, 3.05) is 10.8 Å². The van der Waals surface area contributed by atoms with E-state index in [9.17, 15) is 18.3 Å². The fraction of sp³-hybridized carbons (Fsp3) is 0.125. The number of sulfonamides is 1. The van der Waals surface area contributed by atoms with E-state index in [4.69, 9.17) is 23.2 Å². The topological polar surface area (TPSA) is 79.6 Å². The summed E-state index contributed by atoms with van der Waals surface area (Å²) in [4.78, 5) is 11.4. The molecule has 33 heavy (non-hydrogen) atoms. The number of benzene rings is 3. The van der Waals surface area contributed by atoms with Crippen molar-refractivity contribution < 1.29 is 18.3 Å². The molecule has 0 saturated heterocycles. The van der Waals surface area contributed by atoms with Gasteiger partial charge >= 0.3 is 5.97 Å². The second kappa shape index (κ2) is 9.09. The summed E-state index contributed by atoms with van der Waals surface area (Å²) < 4.78 is 29.6. The van der Waals surface area contributed by atoms with Gasteiger partial charge in [0.2, 0.25) is 0 Å². The van der Waals surface area contributed by atoms with Gasteiger partial charge in [0.05, 0.1) is 16.6 Å². The zero-order valence-electron chi connectivity index (χ0n) is 17.5. The van der Waals surface area contributed by atoms with E-state index < -0.39 is 22.5 Å². The molecule has 0 saturated carbocycles. The first-order valence-corrected chi connectivity index (χ1v) is 12.2. The third kappa shape index (κ3) is 4.71. The van der Waals surface area contributed by atoms with Gasteiger partial charge in [0.1, 0.15) is 6.54 Å². The molecule has 0 radical (unpaired) electrons. The number of aliphatic carboxylic acids is 1. The summed E-state index contributed by atoms with van der Waals surface area (Å²) in [6.07, 6.45) is 1.93. The van der Waals surface area contributed by atoms with Gasteiger partial charge in [-0.15, -0.1) is 0 Å². The number of carboxylic acids is 1. The van der Waals surface area contributed by atoms with E-state index in [-0.39, 0.29) is 26.7 Å². The number of halogens is 2. The van der Waals surface area contributed by atoms with Crippen LogP contribution in [0, 0.1) is 0 Å². The highest BCUT2D eigenvalue weighted by Gasteiger charge is 2.28. The summed E-state index contributed by atoms with van der Waals surface area (Å²) in [5.74, 6) is -1.29. The summed E-state index contributed by atoms with van der Waals surface area (Å²) >= 11 is 12.0. The van der Waals surface area contributed by atoms with Gasteiger partial charge in [0, 0.05) is 27.1 Å². The van der Waals surface area contributed by atoms with Crippen LogP contribution in [0.15, 0.2) is 83.9 Å². The predicted octanol–water partition coefficient (Wildman–Crippen LogP) is 5.84. The zero-order chi connectivity index (χ0) is 23.8. The maximum Gasteiger partial charge on any atom is 0.324 e. The van der Waals surface area contributed by atoms with Gasteiger partial charge < -0.3 is 9.67 Å². The van der Waals surface area contributed by atoms with E-state index in [0.717, 1.165) is 20.8 Å². The Bertz CT molecular complexity index is 1420. The molecule has 1 atom stereocenters. The Balaban J connectivity index is 1.78. The summed E-state index contributed by atoms with van der Waals surface area (Å²) in [6.45, 7) is 1.33. The van der Waals surface area contributed by atoms with E-state index in [1.54, 1.807) is 18.2 Å². The van der Waals surface area contributed by atoms with E-state index in [0.29, 0.717) is 0 Å². The minimum absolute atomic E-state index is 0.0574. The summed E-state index contributed by atoms with van der Waals surface area (Å²) in [5, 5.41) is 10.5. The van der Waals surface area contributed by atoms with Crippen LogP contribution in [0.2, 0.25) is 10.0 Å². The first kappa shape index (κ1) is 23.2. The second-order valence-electron chi connectivity index (χ2n) is 7.56. The van der Waals surface area contributed by atoms with Gasteiger partial charge in [0.25, 0.3) is 10.0 Å². The van der Waals surface area contributed by atoms with Crippen LogP contribution in [-0.4, -0.2) is 30.6 Å². The lowest BCUT2D eigenvalue weighted by molar-refractivity contribution is -0.135. The van der Waals surface area contributed by atoms with Crippen LogP contribution < -0.4 is 4.31 Å². The van der Waals surface area contributed by atoms with Crippen LogP contribution in [0.1, 0.15) is 18.5 Å². The fourth-order valence-corrected chi connectivity index (χ4v) is 5.91. The van der Waals surface area contributed by atoms with Crippen LogP contribution in [0.4, 0.5) is 5.69 Å². The molecule has 0 aliphatic heterocycles. The van der Waals surface area contributed by atoms with Gasteiger partial charge in [0.15, 0.2) is 0 Å². The van der Waals surface area contributed by atoms with E-state index in [2.05, 4.69) is 11.5 Å². The van der Waals surface area contributed by atoms with Crippen LogP contribution in [-0.2, 0) is 14.8 Å². The van der Waals surface area contributed by atoms with Gasteiger partial charge in [-0.05, 0) is 55.0 Å². The third-order valence-electron chi connectivity index (χ3n) is 5.39. The van der Waals surface area contributed by atoms with Crippen LogP contribution >= 0.6 is 23.2 Å². The van der Waals surface area contributed by atoms with Crippen molar-refractivity contribution in [2.24, 2.45) is 0 Å². The number of nitrogens with zero attached hydrogens (tertiary/aromatic N) is 2. The maximum atomic E-state index is 13.3. The van der Waals surface area contributed by atoms with E-state index in [1.165, 1.54) is 18.2 Å². The van der Waals surface area contributed by atoms with Crippen LogP contribution in [0.5, 0.6) is 0 Å². The largest absolute Gasteiger partial charge is 0.480 e. The minimum atomic E-state index is -4.24. The Kier molecular flexibility index (Phi) is 6.38. The Morgan fingerprint density at radius 3 is 2.30 bits per heavy atom. The Hall–Kier alpha value is -3.00. The highest BCUT2D eigenvalue weighted by atomic mass is 35.5. The van der Waals surface area contributed by atoms with E-state index in [1.807, 2.05) is 42.6 Å². The molecule has 0 bridgehead atoms. The van der Waals surface area contributed by atoms with Gasteiger partial charge in [-0.2, -0.15) is 0 Å². The number of carboxylic acid groups (broad SMARTS) is 1. The molecule has 6 nitrogen and oxygen atoms in total. The molecular weight excluding hydrogens is 483 g/mol. The average Bonchev–Trinajstić information content (AvgIpc) is 3.20. The summed E-state index contributed by atoms with van der Waals surface area (Å²) in [5.41, 5.74) is 2.26. The van der Waals surface area contributed by atoms with Crippen molar-refractivity contribution in [3.63, 3.8) is 0 Å². The Morgan fingerprint density at radius 1 is 1.00 bits per heavy atom. The number of anilines is 1. The molecule has 1 aromatic heterocycles. The van der Waals surface area contributed by atoms with Gasteiger partial charge in [-0.25, -0.2) is 8.42 Å². The van der Waals surface area contributed by atoms with Crippen molar-refractivity contribution >= 4 is 55.8 Å². The smallest absolute Gasteiger partial charge is 0.324 e. The number of hydrogen-bond donors (Lipinski definition) is 1. The Labute approximate surface area is 201 Å². The highest BCUT2D eigenvalue weighted by molar-refractivity contribution is 7.92. The number of hydrogen-bond acceptors (Lipinski definition) is 3. The maximum absolute atomic E-state index is 13.3. The van der Waals surface area contributed by atoms with Crippen molar-refractivity contribution in [3.05, 3.63) is 94.6 Å². The monoisotopic (exact) mass is 502 g/mol. The lowest BCUT2D eigenvalue weighted by Gasteiger charge is -2.23. The molecule has 0 aliphatic carbocycles. The minimum Gasteiger partial charge on any atom is -0.480 e. The number of rotatable bonds is 7. The lowest BCUT2D eigenvalue weighted by Crippen LogP contribution is -2.35. The van der Waals surface area contributed by atoms with Gasteiger partial charge in [-0.1, -0.05) is 53.5 Å². The van der Waals surface area contributed by atoms with Crippen molar-refractivity contribution in [3.8, 4) is 0 Å². The molecule has 0 amide bonds. The quantitative estimate of drug-likeness (QED) is 0.344. The molecule has 3 aromatic carbocycles. The molecule has 4 rings (SSSR count). The predicted molar refractivity (Wildman–Crippen MR) is 131 cm³/mol. The van der Waals surface area contributed by atoms with Crippen molar-refractivity contribution in [2.45, 2.75) is 17.9 Å². The molecule has 0 spiro atoms. The van der Waals surface area contributed by atoms with E-state index >= 15 is 0 Å². The summed E-state index contributed by atoms with van der Waals surface area (Å²) in [6, 6.07) is 20.9. The molecule has 1 heterocycles. The second-order valence-corrected chi connectivity index (χ2v) is 10.3. The number of aromatic nitrogens is 1. The third-order valence-corrected chi connectivity index (χ3v) is 7.58. The number of fused-ring (bicyclic) bond motifs is 1. The first-order chi connectivity index (χ1) is 15.7. The molecule has 0 aliphatic rings. The SMILES string of the molecule is CC(c1ccccc1)n1ccc2cc(N(CC(=O)O)S(=O)(=O)c3cc(Cl)cc(Cl)c3)ccc21. The molecule has 170 valence electrons. The van der Waals surface area contributed by atoms with Crippen molar-refractivity contribution in [1.82, 2.24) is 4.57 Å². The van der Waals surface area contributed by atoms with Crippen LogP contribution in [0.3, 0.4) is 0 Å². The summed E-state index contributed by atoms with van der Waals surface area (Å²) in [7, 11) is -4.24. The van der Waals surface area contributed by atoms with Gasteiger partial charge in [-0.3, -0.25) is 9.10 Å². The van der Waals surface area contributed by atoms with Crippen molar-refractivity contribution in [1.29, 1.82) is 0 Å². The molecule has 0 fully saturated rings. The molecule has 4 aromatic rings. The molecule has 9 heteroatoms. The fourth-order valence-electron chi connectivity index (χ4n) is 3.78. The Morgan fingerprint density at radius 2 is 1.67 bits per heavy atom. The molecule has 1 N–H and O–H groups in total. The standard InChI is InChI=1S/C24H20Cl2N2O4S/c1-16(17-5-3-2-4-6-17)27-10-9-18-11-21(7-8-23(18)27)28(15-24(29)30)33(31,32)22-13-19(25)12-20(26)14-22/h2-14,16H,15H2,1H3,(H,29,30). The zero-order valence-corrected chi connectivity index (χ0v) is 19.8. The average molecular weight is 503 g/mol. The normalized spacial score (nSPS) is 12.6. The molecule has 1 unspecified atom stereocenters. The first-order valence-electron chi connectivity index (χ1n) is 10.0. The van der Waals surface area contributed by atoms with Crippen LogP contribution in [0.25, 0.3) is 10.9 Å². The number of carbonyl (C=O) groups is 1. The molecular formula is C24H20Cl2N2O4S. The lowest BCUT2D eigenvalue weighted by atomic mass is 10.1.